The summed E-state index contributed by atoms with van der Waals surface area (Å²) < 4.78 is 5.94. The summed E-state index contributed by atoms with van der Waals surface area (Å²) in [4.78, 5) is 14.6. The zero-order valence-electron chi connectivity index (χ0n) is 16.7. The van der Waals surface area contributed by atoms with Gasteiger partial charge in [-0.15, -0.1) is 0 Å². The average Bonchev–Trinajstić information content (AvgIpc) is 3.21. The van der Waals surface area contributed by atoms with Gasteiger partial charge >= 0.3 is 0 Å². The molecule has 2 rings (SSSR count). The molecule has 1 aromatic rings. The van der Waals surface area contributed by atoms with Crippen LogP contribution in [0, 0.1) is 0 Å². The molecule has 0 atom stereocenters. The number of nitrogens with zero attached hydrogens (tertiary/aromatic N) is 1. The van der Waals surface area contributed by atoms with Crippen LogP contribution in [-0.4, -0.2) is 30.5 Å². The van der Waals surface area contributed by atoms with Crippen molar-refractivity contribution < 1.29 is 9.53 Å². The van der Waals surface area contributed by atoms with Crippen LogP contribution in [0.2, 0.25) is 0 Å². The van der Waals surface area contributed by atoms with Crippen molar-refractivity contribution in [3.63, 3.8) is 0 Å². The van der Waals surface area contributed by atoms with Gasteiger partial charge in [0.25, 0.3) is 5.91 Å². The standard InChI is InChI=1S/C23H37NO2/c1-2-3-4-5-6-7-8-9-10-15-20-26-22-17-12-11-16-21(22)23(25)24-18-13-14-19-24/h11-12,16-17H,2-10,13-15,18-20H2,1H3. The maximum absolute atomic E-state index is 12.6. The Bertz CT molecular complexity index is 509. The summed E-state index contributed by atoms with van der Waals surface area (Å²) in [5.41, 5.74) is 0.724. The molecule has 1 amide bonds. The average molecular weight is 360 g/mol. The molecule has 0 aromatic heterocycles. The van der Waals surface area contributed by atoms with Gasteiger partial charge in [0.1, 0.15) is 5.75 Å². The molecule has 3 heteroatoms. The monoisotopic (exact) mass is 359 g/mol. The maximum Gasteiger partial charge on any atom is 0.257 e. The lowest BCUT2D eigenvalue weighted by Crippen LogP contribution is -2.28. The van der Waals surface area contributed by atoms with Crippen molar-refractivity contribution in [1.29, 1.82) is 0 Å². The Labute approximate surface area is 160 Å². The summed E-state index contributed by atoms with van der Waals surface area (Å²) >= 11 is 0. The van der Waals surface area contributed by atoms with Crippen molar-refractivity contribution in [3.8, 4) is 5.75 Å². The molecule has 0 saturated carbocycles. The third kappa shape index (κ3) is 7.39. The number of rotatable bonds is 13. The van der Waals surface area contributed by atoms with E-state index in [2.05, 4.69) is 6.92 Å². The van der Waals surface area contributed by atoms with Crippen LogP contribution in [0.25, 0.3) is 0 Å². The fourth-order valence-electron chi connectivity index (χ4n) is 3.63. The topological polar surface area (TPSA) is 29.5 Å². The molecule has 0 bridgehead atoms. The van der Waals surface area contributed by atoms with Crippen LogP contribution < -0.4 is 4.74 Å². The van der Waals surface area contributed by atoms with Crippen molar-refractivity contribution >= 4 is 5.91 Å². The van der Waals surface area contributed by atoms with E-state index in [9.17, 15) is 4.79 Å². The van der Waals surface area contributed by atoms with Crippen molar-refractivity contribution in [2.75, 3.05) is 19.7 Å². The van der Waals surface area contributed by atoms with E-state index in [4.69, 9.17) is 4.74 Å². The third-order valence-corrected chi connectivity index (χ3v) is 5.27. The van der Waals surface area contributed by atoms with E-state index in [1.807, 2.05) is 29.2 Å². The van der Waals surface area contributed by atoms with Crippen LogP contribution in [0.5, 0.6) is 5.75 Å². The van der Waals surface area contributed by atoms with Crippen LogP contribution in [0.15, 0.2) is 24.3 Å². The Morgan fingerprint density at radius 1 is 0.885 bits per heavy atom. The second-order valence-electron chi connectivity index (χ2n) is 7.53. The largest absolute Gasteiger partial charge is 0.493 e. The molecule has 0 unspecified atom stereocenters. The molecule has 0 N–H and O–H groups in total. The number of carbonyl (C=O) groups excluding carboxylic acids is 1. The van der Waals surface area contributed by atoms with Gasteiger partial charge in [-0.2, -0.15) is 0 Å². The van der Waals surface area contributed by atoms with Gasteiger partial charge in [0.2, 0.25) is 0 Å². The highest BCUT2D eigenvalue weighted by molar-refractivity contribution is 5.97. The van der Waals surface area contributed by atoms with Crippen LogP contribution in [-0.2, 0) is 0 Å². The van der Waals surface area contributed by atoms with Crippen molar-refractivity contribution in [1.82, 2.24) is 4.90 Å². The van der Waals surface area contributed by atoms with E-state index in [1.54, 1.807) is 0 Å². The van der Waals surface area contributed by atoms with Gasteiger partial charge in [-0.3, -0.25) is 4.79 Å². The first-order valence-corrected chi connectivity index (χ1v) is 10.8. The van der Waals surface area contributed by atoms with Crippen molar-refractivity contribution in [2.45, 2.75) is 84.0 Å². The van der Waals surface area contributed by atoms with E-state index < -0.39 is 0 Å². The summed E-state index contributed by atoms with van der Waals surface area (Å²) in [6.45, 7) is 4.74. The minimum absolute atomic E-state index is 0.126. The third-order valence-electron chi connectivity index (χ3n) is 5.27. The molecular formula is C23H37NO2. The quantitative estimate of drug-likeness (QED) is 0.391. The fourth-order valence-corrected chi connectivity index (χ4v) is 3.63. The van der Waals surface area contributed by atoms with Crippen LogP contribution in [0.1, 0.15) is 94.3 Å². The normalized spacial score (nSPS) is 14.0. The zero-order valence-corrected chi connectivity index (χ0v) is 16.7. The molecule has 0 aliphatic carbocycles. The van der Waals surface area contributed by atoms with E-state index in [0.717, 1.165) is 43.7 Å². The first-order chi connectivity index (χ1) is 12.8. The summed E-state index contributed by atoms with van der Waals surface area (Å²) in [6, 6.07) is 7.71. The zero-order chi connectivity index (χ0) is 18.5. The lowest BCUT2D eigenvalue weighted by molar-refractivity contribution is 0.0788. The number of amides is 1. The summed E-state index contributed by atoms with van der Waals surface area (Å²) in [5, 5.41) is 0. The molecule has 3 nitrogen and oxygen atoms in total. The van der Waals surface area contributed by atoms with Gasteiger partial charge in [0.15, 0.2) is 0 Å². The number of para-hydroxylation sites is 1. The Kier molecular flexibility index (Phi) is 10.2. The number of unbranched alkanes of at least 4 members (excludes halogenated alkanes) is 9. The Morgan fingerprint density at radius 2 is 1.46 bits per heavy atom. The Morgan fingerprint density at radius 3 is 2.12 bits per heavy atom. The number of ether oxygens (including phenoxy) is 1. The minimum Gasteiger partial charge on any atom is -0.493 e. The molecule has 1 heterocycles. The van der Waals surface area contributed by atoms with E-state index in [0.29, 0.717) is 6.61 Å². The summed E-state index contributed by atoms with van der Waals surface area (Å²) in [7, 11) is 0. The van der Waals surface area contributed by atoms with Gasteiger partial charge in [-0.25, -0.2) is 0 Å². The first-order valence-electron chi connectivity index (χ1n) is 10.8. The molecule has 1 saturated heterocycles. The van der Waals surface area contributed by atoms with E-state index in [1.165, 1.54) is 57.8 Å². The highest BCUT2D eigenvalue weighted by atomic mass is 16.5. The highest BCUT2D eigenvalue weighted by Crippen LogP contribution is 2.22. The molecule has 1 aromatic carbocycles. The molecule has 1 fully saturated rings. The number of hydrogen-bond donors (Lipinski definition) is 0. The van der Waals surface area contributed by atoms with E-state index in [-0.39, 0.29) is 5.91 Å². The second-order valence-corrected chi connectivity index (χ2v) is 7.53. The lowest BCUT2D eigenvalue weighted by atomic mass is 10.1. The minimum atomic E-state index is 0.126. The number of hydrogen-bond acceptors (Lipinski definition) is 2. The van der Waals surface area contributed by atoms with Crippen molar-refractivity contribution in [3.05, 3.63) is 29.8 Å². The number of benzene rings is 1. The summed E-state index contributed by atoms with van der Waals surface area (Å²) in [5.74, 6) is 0.876. The van der Waals surface area contributed by atoms with Crippen LogP contribution in [0.3, 0.4) is 0 Å². The van der Waals surface area contributed by atoms with Crippen molar-refractivity contribution in [2.24, 2.45) is 0 Å². The predicted molar refractivity (Wildman–Crippen MR) is 109 cm³/mol. The first kappa shape index (κ1) is 20.8. The smallest absolute Gasteiger partial charge is 0.257 e. The highest BCUT2D eigenvalue weighted by Gasteiger charge is 2.22. The SMILES string of the molecule is CCCCCCCCCCCCOc1ccccc1C(=O)N1CCCC1. The van der Waals surface area contributed by atoms with Crippen LogP contribution >= 0.6 is 0 Å². The van der Waals surface area contributed by atoms with Gasteiger partial charge in [-0.05, 0) is 31.4 Å². The lowest BCUT2D eigenvalue weighted by Gasteiger charge is -2.17. The van der Waals surface area contributed by atoms with Gasteiger partial charge in [0, 0.05) is 13.1 Å². The molecule has 0 spiro atoms. The second kappa shape index (κ2) is 12.8. The molecule has 26 heavy (non-hydrogen) atoms. The molecule has 0 radical (unpaired) electrons. The molecular weight excluding hydrogens is 322 g/mol. The van der Waals surface area contributed by atoms with Gasteiger partial charge < -0.3 is 9.64 Å². The maximum atomic E-state index is 12.6. The molecule has 1 aliphatic rings. The summed E-state index contributed by atoms with van der Waals surface area (Å²) in [6.07, 6.45) is 15.5. The Balaban J connectivity index is 1.59. The van der Waals surface area contributed by atoms with Crippen LogP contribution in [0.4, 0.5) is 0 Å². The Hall–Kier alpha value is -1.51. The number of likely N-dealkylation sites (tertiary alicyclic amines) is 1. The van der Waals surface area contributed by atoms with Gasteiger partial charge in [0.05, 0.1) is 12.2 Å². The number of carbonyl (C=O) groups is 1. The van der Waals surface area contributed by atoms with E-state index >= 15 is 0 Å². The van der Waals surface area contributed by atoms with Gasteiger partial charge in [-0.1, -0.05) is 76.8 Å². The molecule has 146 valence electrons. The fraction of sp³-hybridized carbons (Fsp3) is 0.696. The molecule has 1 aliphatic heterocycles. The predicted octanol–water partition coefficient (Wildman–Crippen LogP) is 6.22.